The van der Waals surface area contributed by atoms with E-state index >= 15 is 0 Å². The zero-order valence-corrected chi connectivity index (χ0v) is 22.7. The Morgan fingerprint density at radius 1 is 0.757 bits per heavy atom. The van der Waals surface area contributed by atoms with Crippen LogP contribution in [0.25, 0.3) is 0 Å². The van der Waals surface area contributed by atoms with Gasteiger partial charge in [-0.25, -0.2) is 4.79 Å². The highest BCUT2D eigenvalue weighted by Crippen LogP contribution is 2.30. The molecule has 0 aromatic heterocycles. The molecule has 1 aromatic rings. The zero-order valence-electron chi connectivity index (χ0n) is 22.7. The molecule has 37 heavy (non-hydrogen) atoms. The van der Waals surface area contributed by atoms with Gasteiger partial charge in [-0.05, 0) is 31.1 Å². The van der Waals surface area contributed by atoms with Gasteiger partial charge in [0.05, 0.1) is 0 Å². The number of allylic oxidation sites excluding steroid dienone is 2. The van der Waals surface area contributed by atoms with Crippen molar-refractivity contribution >= 4 is 11.9 Å². The van der Waals surface area contributed by atoms with Gasteiger partial charge in [0, 0.05) is 6.92 Å². The van der Waals surface area contributed by atoms with Crippen LogP contribution in [-0.2, 0) is 9.53 Å². The minimum atomic E-state index is -4.79. The molecule has 0 aliphatic heterocycles. The maximum absolute atomic E-state index is 13.4. The van der Waals surface area contributed by atoms with Gasteiger partial charge in [-0.3, -0.25) is 4.79 Å². The largest absolute Gasteiger partial charge is 0.449 e. The molecule has 0 N–H and O–H groups in total. The molecule has 0 saturated carbocycles. The molecule has 0 aliphatic rings. The topological polar surface area (TPSA) is 52.6 Å². The van der Waals surface area contributed by atoms with Crippen molar-refractivity contribution in [1.82, 2.24) is 0 Å². The van der Waals surface area contributed by atoms with Crippen molar-refractivity contribution in [2.45, 2.75) is 129 Å². The van der Waals surface area contributed by atoms with Crippen molar-refractivity contribution in [1.29, 1.82) is 0 Å². The minimum Gasteiger partial charge on any atom is -0.426 e. The number of esters is 2. The Labute approximate surface area is 221 Å². The number of para-hydroxylation sites is 1. The van der Waals surface area contributed by atoms with Crippen molar-refractivity contribution < 1.29 is 32.2 Å². The third kappa shape index (κ3) is 16.2. The zero-order chi connectivity index (χ0) is 27.4. The highest BCUT2D eigenvalue weighted by Gasteiger charge is 2.37. The van der Waals surface area contributed by atoms with Gasteiger partial charge in [-0.15, -0.1) is 0 Å². The summed E-state index contributed by atoms with van der Waals surface area (Å²) in [6, 6.07) is 5.54. The maximum atomic E-state index is 13.4. The summed E-state index contributed by atoms with van der Waals surface area (Å²) in [4.78, 5) is 23.5. The van der Waals surface area contributed by atoms with Crippen LogP contribution in [0.1, 0.15) is 133 Å². The van der Waals surface area contributed by atoms with Crippen LogP contribution >= 0.6 is 0 Å². The Morgan fingerprint density at radius 2 is 1.22 bits per heavy atom. The lowest BCUT2D eigenvalue weighted by Gasteiger charge is -2.13. The van der Waals surface area contributed by atoms with Crippen LogP contribution in [0.15, 0.2) is 36.1 Å². The van der Waals surface area contributed by atoms with E-state index in [0.717, 1.165) is 32.3 Å². The van der Waals surface area contributed by atoms with Crippen molar-refractivity contribution in [3.8, 4) is 5.75 Å². The number of carbonyl (C=O) groups is 2. The van der Waals surface area contributed by atoms with E-state index in [1.807, 2.05) is 0 Å². The first-order chi connectivity index (χ1) is 17.8. The lowest BCUT2D eigenvalue weighted by Crippen LogP contribution is -2.19. The highest BCUT2D eigenvalue weighted by molar-refractivity contribution is 5.94. The van der Waals surface area contributed by atoms with Gasteiger partial charge in [-0.1, -0.05) is 115 Å². The molecule has 7 heteroatoms. The van der Waals surface area contributed by atoms with Crippen LogP contribution in [-0.4, -0.2) is 18.1 Å². The summed E-state index contributed by atoms with van der Waals surface area (Å²) < 4.78 is 49.7. The Morgan fingerprint density at radius 3 is 1.68 bits per heavy atom. The van der Waals surface area contributed by atoms with Crippen molar-refractivity contribution in [3.05, 3.63) is 41.7 Å². The molecule has 0 heterocycles. The van der Waals surface area contributed by atoms with E-state index in [1.54, 1.807) is 0 Å². The molecule has 0 bridgehead atoms. The number of carbonyl (C=O) groups excluding carboxylic acids is 2. The first-order valence-corrected chi connectivity index (χ1v) is 14.0. The SMILES string of the molecule is CCCCCCCCCCCCCCCCCC/C=C(/OC(=O)c1ccccc1OC(C)=O)C(F)(F)F. The van der Waals surface area contributed by atoms with Crippen LogP contribution in [0.5, 0.6) is 5.75 Å². The molecule has 210 valence electrons. The second-order valence-corrected chi connectivity index (χ2v) is 9.64. The normalized spacial score (nSPS) is 12.0. The lowest BCUT2D eigenvalue weighted by molar-refractivity contribution is -0.132. The van der Waals surface area contributed by atoms with Crippen molar-refractivity contribution in [3.63, 3.8) is 0 Å². The minimum absolute atomic E-state index is 0.140. The van der Waals surface area contributed by atoms with E-state index < -0.39 is 23.9 Å². The molecule has 0 atom stereocenters. The van der Waals surface area contributed by atoms with E-state index in [2.05, 4.69) is 11.7 Å². The number of alkyl halides is 3. The van der Waals surface area contributed by atoms with Gasteiger partial charge in [-0.2, -0.15) is 13.2 Å². The standard InChI is InChI=1S/C30H45F3O4/c1-3-4-5-6-7-8-9-10-11-12-13-14-15-16-17-18-19-24-28(30(31,32)33)37-29(35)26-22-20-21-23-27(26)36-25(2)34/h20-24H,3-19H2,1-2H3/b28-24+. The second-order valence-electron chi connectivity index (χ2n) is 9.64. The number of hydrogen-bond donors (Lipinski definition) is 0. The molecule has 0 fully saturated rings. The van der Waals surface area contributed by atoms with E-state index in [1.165, 1.54) is 101 Å². The third-order valence-electron chi connectivity index (χ3n) is 6.23. The van der Waals surface area contributed by atoms with Crippen LogP contribution in [0, 0.1) is 0 Å². The molecule has 0 amide bonds. The molecule has 0 aliphatic carbocycles. The predicted molar refractivity (Wildman–Crippen MR) is 141 cm³/mol. The lowest BCUT2D eigenvalue weighted by atomic mass is 10.0. The Kier molecular flexibility index (Phi) is 17.5. The van der Waals surface area contributed by atoms with Crippen LogP contribution in [0.4, 0.5) is 13.2 Å². The quantitative estimate of drug-likeness (QED) is 0.0734. The fourth-order valence-electron chi connectivity index (χ4n) is 4.17. The molecule has 0 saturated heterocycles. The van der Waals surface area contributed by atoms with Crippen molar-refractivity contribution in [2.75, 3.05) is 0 Å². The van der Waals surface area contributed by atoms with Crippen molar-refractivity contribution in [2.24, 2.45) is 0 Å². The Bertz CT molecular complexity index is 802. The van der Waals surface area contributed by atoms with E-state index in [4.69, 9.17) is 4.74 Å². The molecule has 0 spiro atoms. The van der Waals surface area contributed by atoms with Crippen LogP contribution < -0.4 is 4.74 Å². The molecule has 0 unspecified atom stereocenters. The number of unbranched alkanes of at least 4 members (excludes halogenated alkanes) is 16. The summed E-state index contributed by atoms with van der Waals surface area (Å²) in [6.07, 6.45) is 15.6. The Balaban J connectivity index is 2.23. The maximum Gasteiger partial charge on any atom is 0.449 e. The van der Waals surface area contributed by atoms with E-state index in [9.17, 15) is 22.8 Å². The van der Waals surface area contributed by atoms with Gasteiger partial charge in [0.25, 0.3) is 0 Å². The Hall–Kier alpha value is -2.31. The third-order valence-corrected chi connectivity index (χ3v) is 6.23. The summed E-state index contributed by atoms with van der Waals surface area (Å²) in [5.41, 5.74) is -0.241. The fraction of sp³-hybridized carbons (Fsp3) is 0.667. The average molecular weight is 527 g/mol. The summed E-state index contributed by atoms with van der Waals surface area (Å²) >= 11 is 0. The molecule has 0 radical (unpaired) electrons. The average Bonchev–Trinajstić information content (AvgIpc) is 2.84. The summed E-state index contributed by atoms with van der Waals surface area (Å²) in [5.74, 6) is -3.38. The number of benzene rings is 1. The molecular weight excluding hydrogens is 481 g/mol. The first kappa shape index (κ1) is 32.7. The monoisotopic (exact) mass is 526 g/mol. The molecule has 1 rings (SSSR count). The van der Waals surface area contributed by atoms with E-state index in [-0.39, 0.29) is 17.7 Å². The summed E-state index contributed by atoms with van der Waals surface area (Å²) in [5, 5.41) is 0. The van der Waals surface area contributed by atoms with Gasteiger partial charge < -0.3 is 9.47 Å². The molecule has 1 aromatic carbocycles. The number of halogens is 3. The molecule has 4 nitrogen and oxygen atoms in total. The predicted octanol–water partition coefficient (Wildman–Crippen LogP) is 9.87. The van der Waals surface area contributed by atoms with Gasteiger partial charge >= 0.3 is 18.1 Å². The van der Waals surface area contributed by atoms with Gasteiger partial charge in [0.15, 0.2) is 0 Å². The molecular formula is C30H45F3O4. The van der Waals surface area contributed by atoms with E-state index in [0.29, 0.717) is 6.42 Å². The number of rotatable bonds is 20. The van der Waals surface area contributed by atoms with Crippen LogP contribution in [0.2, 0.25) is 0 Å². The number of hydrogen-bond acceptors (Lipinski definition) is 4. The van der Waals surface area contributed by atoms with Crippen LogP contribution in [0.3, 0.4) is 0 Å². The number of ether oxygens (including phenoxy) is 2. The van der Waals surface area contributed by atoms with Gasteiger partial charge in [0.2, 0.25) is 5.76 Å². The second kappa shape index (κ2) is 19.8. The van der Waals surface area contributed by atoms with Gasteiger partial charge in [0.1, 0.15) is 11.3 Å². The fourth-order valence-corrected chi connectivity index (χ4v) is 4.17. The first-order valence-electron chi connectivity index (χ1n) is 14.0. The summed E-state index contributed by atoms with van der Waals surface area (Å²) in [7, 11) is 0. The summed E-state index contributed by atoms with van der Waals surface area (Å²) in [6.45, 7) is 3.38. The smallest absolute Gasteiger partial charge is 0.426 e. The highest BCUT2D eigenvalue weighted by atomic mass is 19.4.